The minimum atomic E-state index is -0.563. The Bertz CT molecular complexity index is 1260. The average Bonchev–Trinajstić information content (AvgIpc) is 2.92. The summed E-state index contributed by atoms with van der Waals surface area (Å²) >= 11 is 3.44. The number of fused-ring (bicyclic) bond motifs is 1. The Labute approximate surface area is 240 Å². The number of hydrogen-bond acceptors (Lipinski definition) is 5. The van der Waals surface area contributed by atoms with Gasteiger partial charge in [-0.05, 0) is 67.9 Å². The van der Waals surface area contributed by atoms with Gasteiger partial charge >= 0.3 is 0 Å². The van der Waals surface area contributed by atoms with E-state index in [0.717, 1.165) is 77.5 Å². The molecule has 1 saturated carbocycles. The van der Waals surface area contributed by atoms with Gasteiger partial charge in [-0.25, -0.2) is 9.97 Å². The fourth-order valence-electron chi connectivity index (χ4n) is 5.48. The molecule has 2 amide bonds. The molecule has 1 fully saturated rings. The largest absolute Gasteiger partial charge is 0.362 e. The van der Waals surface area contributed by atoms with Crippen LogP contribution in [0, 0.1) is 5.92 Å². The van der Waals surface area contributed by atoms with E-state index in [1.165, 1.54) is 13.3 Å². The van der Waals surface area contributed by atoms with Gasteiger partial charge in [-0.3, -0.25) is 9.59 Å². The van der Waals surface area contributed by atoms with Gasteiger partial charge in [0.05, 0.1) is 5.52 Å². The van der Waals surface area contributed by atoms with Gasteiger partial charge in [0.25, 0.3) is 0 Å². The van der Waals surface area contributed by atoms with Crippen LogP contribution in [0.15, 0.2) is 53.0 Å². The number of halogens is 1. The highest BCUT2D eigenvalue weighted by Gasteiger charge is 2.26. The third kappa shape index (κ3) is 8.49. The molecule has 0 bridgehead atoms. The smallest absolute Gasteiger partial charge is 0.243 e. The first-order valence-corrected chi connectivity index (χ1v) is 14.8. The number of aryl methyl sites for hydroxylation is 1. The fraction of sp³-hybridized carbons (Fsp3) is 0.484. The minimum Gasteiger partial charge on any atom is -0.362 e. The first kappa shape index (κ1) is 29.0. The number of aromatic nitrogens is 2. The van der Waals surface area contributed by atoms with Gasteiger partial charge in [0, 0.05) is 49.8 Å². The maximum absolute atomic E-state index is 13.0. The van der Waals surface area contributed by atoms with E-state index < -0.39 is 6.04 Å². The molecule has 39 heavy (non-hydrogen) atoms. The second-order valence-electron chi connectivity index (χ2n) is 10.9. The summed E-state index contributed by atoms with van der Waals surface area (Å²) in [5, 5.41) is 7.13. The highest BCUT2D eigenvalue weighted by atomic mass is 79.9. The number of amides is 2. The average molecular weight is 595 g/mol. The quantitative estimate of drug-likeness (QED) is 0.283. The molecule has 3 aromatic rings. The van der Waals surface area contributed by atoms with E-state index in [-0.39, 0.29) is 17.9 Å². The number of nitrogens with one attached hydrogen (secondary N) is 2. The molecule has 1 atom stereocenters. The topological polar surface area (TPSA) is 87.2 Å². The van der Waals surface area contributed by atoms with E-state index in [1.54, 1.807) is 0 Å². The molecular weight excluding hydrogens is 554 g/mol. The summed E-state index contributed by atoms with van der Waals surface area (Å²) < 4.78 is 0.990. The van der Waals surface area contributed by atoms with Gasteiger partial charge in [0.1, 0.15) is 17.7 Å². The molecule has 0 aliphatic heterocycles. The number of carbonyl (C=O) groups excluding carboxylic acids is 2. The minimum absolute atomic E-state index is 0.0935. The molecule has 208 valence electrons. The first-order valence-electron chi connectivity index (χ1n) is 14.0. The van der Waals surface area contributed by atoms with Crippen LogP contribution in [0.3, 0.4) is 0 Å². The number of para-hydroxylation sites is 1. The summed E-state index contributed by atoms with van der Waals surface area (Å²) in [4.78, 5) is 36.5. The fourth-order valence-corrected chi connectivity index (χ4v) is 5.75. The summed E-state index contributed by atoms with van der Waals surface area (Å²) in [6.45, 7) is 1.46. The normalized spacial score (nSPS) is 17.9. The van der Waals surface area contributed by atoms with Gasteiger partial charge in [0.2, 0.25) is 11.8 Å². The lowest BCUT2D eigenvalue weighted by molar-refractivity contribution is -0.128. The van der Waals surface area contributed by atoms with Crippen molar-refractivity contribution >= 4 is 44.5 Å². The Morgan fingerprint density at radius 2 is 1.72 bits per heavy atom. The Morgan fingerprint density at radius 3 is 2.41 bits per heavy atom. The summed E-state index contributed by atoms with van der Waals surface area (Å²) in [7, 11) is 4.06. The number of unbranched alkanes of at least 4 members (excludes halogenated alkanes) is 1. The predicted molar refractivity (Wildman–Crippen MR) is 161 cm³/mol. The summed E-state index contributed by atoms with van der Waals surface area (Å²) in [6.07, 6.45) is 9.03. The molecule has 1 heterocycles. The van der Waals surface area contributed by atoms with Crippen molar-refractivity contribution < 1.29 is 9.59 Å². The van der Waals surface area contributed by atoms with Crippen molar-refractivity contribution in [1.29, 1.82) is 0 Å². The van der Waals surface area contributed by atoms with Crippen LogP contribution < -0.4 is 15.5 Å². The van der Waals surface area contributed by atoms with Crippen LogP contribution in [-0.4, -0.2) is 48.0 Å². The maximum atomic E-state index is 13.0. The third-order valence-corrected chi connectivity index (χ3v) is 8.08. The Hall–Kier alpha value is -3.00. The molecule has 8 heteroatoms. The van der Waals surface area contributed by atoms with Gasteiger partial charge in [0.15, 0.2) is 0 Å². The third-order valence-electron chi connectivity index (χ3n) is 7.56. The lowest BCUT2D eigenvalue weighted by atomic mass is 9.83. The summed E-state index contributed by atoms with van der Waals surface area (Å²) in [6, 6.07) is 15.7. The van der Waals surface area contributed by atoms with Crippen LogP contribution in [0.5, 0.6) is 0 Å². The van der Waals surface area contributed by atoms with Gasteiger partial charge < -0.3 is 15.5 Å². The number of nitrogens with zero attached hydrogens (tertiary/aromatic N) is 3. The molecule has 1 aromatic heterocycles. The lowest BCUT2D eigenvalue weighted by Gasteiger charge is -2.30. The lowest BCUT2D eigenvalue weighted by Crippen LogP contribution is -2.50. The van der Waals surface area contributed by atoms with Crippen molar-refractivity contribution in [3.63, 3.8) is 0 Å². The van der Waals surface area contributed by atoms with Crippen LogP contribution in [0.4, 0.5) is 5.82 Å². The van der Waals surface area contributed by atoms with Crippen molar-refractivity contribution in [3.05, 3.63) is 64.4 Å². The van der Waals surface area contributed by atoms with E-state index in [4.69, 9.17) is 9.97 Å². The molecule has 0 spiro atoms. The van der Waals surface area contributed by atoms with Crippen LogP contribution >= 0.6 is 15.9 Å². The molecule has 2 N–H and O–H groups in total. The zero-order chi connectivity index (χ0) is 27.8. The van der Waals surface area contributed by atoms with Gasteiger partial charge in [-0.1, -0.05) is 53.0 Å². The Morgan fingerprint density at radius 1 is 1.00 bits per heavy atom. The number of rotatable bonds is 11. The Balaban J connectivity index is 1.21. The molecular formula is C31H40BrN5O2. The molecule has 1 aliphatic carbocycles. The number of hydrogen-bond donors (Lipinski definition) is 2. The monoisotopic (exact) mass is 593 g/mol. The highest BCUT2D eigenvalue weighted by Crippen LogP contribution is 2.29. The predicted octanol–water partition coefficient (Wildman–Crippen LogP) is 5.59. The van der Waals surface area contributed by atoms with E-state index in [0.29, 0.717) is 12.3 Å². The van der Waals surface area contributed by atoms with E-state index in [9.17, 15) is 9.59 Å². The molecule has 2 aromatic carbocycles. The van der Waals surface area contributed by atoms with Crippen LogP contribution in [0.25, 0.3) is 10.9 Å². The van der Waals surface area contributed by atoms with Crippen LogP contribution in [0.2, 0.25) is 0 Å². The summed E-state index contributed by atoms with van der Waals surface area (Å²) in [5.74, 6) is 2.31. The number of anilines is 1. The van der Waals surface area contributed by atoms with Gasteiger partial charge in [-0.15, -0.1) is 0 Å². The molecule has 4 rings (SSSR count). The SMILES string of the molecule is CC(=O)NC(Cc1ccc(Br)cc1)C(=O)NC1CCC(CCCCc2nc(N(C)C)c3ccccc3n2)CC1. The maximum Gasteiger partial charge on any atom is 0.243 e. The van der Waals surface area contributed by atoms with Gasteiger partial charge in [-0.2, -0.15) is 0 Å². The first-order chi connectivity index (χ1) is 18.8. The molecule has 1 aliphatic rings. The van der Waals surface area contributed by atoms with Crippen molar-refractivity contribution in [3.8, 4) is 0 Å². The summed E-state index contributed by atoms with van der Waals surface area (Å²) in [5.41, 5.74) is 2.02. The number of benzene rings is 2. The molecule has 0 saturated heterocycles. The van der Waals surface area contributed by atoms with Crippen molar-refractivity contribution in [2.45, 2.75) is 76.8 Å². The van der Waals surface area contributed by atoms with Crippen molar-refractivity contribution in [1.82, 2.24) is 20.6 Å². The molecule has 7 nitrogen and oxygen atoms in total. The van der Waals surface area contributed by atoms with Crippen molar-refractivity contribution in [2.24, 2.45) is 5.92 Å². The highest BCUT2D eigenvalue weighted by molar-refractivity contribution is 9.10. The van der Waals surface area contributed by atoms with Crippen LogP contribution in [0.1, 0.15) is 63.3 Å². The van der Waals surface area contributed by atoms with E-state index >= 15 is 0 Å². The second-order valence-corrected chi connectivity index (χ2v) is 11.8. The number of carbonyl (C=O) groups is 2. The second kappa shape index (κ2) is 13.9. The van der Waals surface area contributed by atoms with E-state index in [1.807, 2.05) is 50.5 Å². The van der Waals surface area contributed by atoms with Crippen molar-refractivity contribution in [2.75, 3.05) is 19.0 Å². The standard InChI is InChI=1S/C31H40BrN5O2/c1-21(38)33-28(20-23-12-16-24(32)17-13-23)31(39)34-25-18-14-22(15-19-25)8-4-7-11-29-35-27-10-6-5-9-26(27)30(36-29)37(2)3/h5-6,9-10,12-13,16-17,22,25,28H,4,7-8,11,14-15,18-20H2,1-3H3,(H,33,38)(H,34,39). The molecule has 0 radical (unpaired) electrons. The zero-order valence-corrected chi connectivity index (χ0v) is 24.8. The van der Waals surface area contributed by atoms with E-state index in [2.05, 4.69) is 43.6 Å². The van der Waals surface area contributed by atoms with Crippen LogP contribution in [-0.2, 0) is 22.4 Å². The molecule has 1 unspecified atom stereocenters. The zero-order valence-electron chi connectivity index (χ0n) is 23.3. The Kier molecular flexibility index (Phi) is 10.3.